The number of halogens is 2. The van der Waals surface area contributed by atoms with Gasteiger partial charge in [0.1, 0.15) is 11.4 Å². The van der Waals surface area contributed by atoms with Crippen LogP contribution in [0.4, 0.5) is 9.18 Å². The fraction of sp³-hybridized carbons (Fsp3) is 0.435. The number of ether oxygens (including phenoxy) is 2. The molecule has 3 rings (SSSR count). The van der Waals surface area contributed by atoms with E-state index in [4.69, 9.17) is 9.47 Å². The molecule has 1 atom stereocenters. The molecule has 10 heteroatoms. The number of alkyl carbamates (subject to hydrolysis) is 1. The summed E-state index contributed by atoms with van der Waals surface area (Å²) in [5.41, 5.74) is 0.221. The van der Waals surface area contributed by atoms with Crippen molar-refractivity contribution in [2.45, 2.75) is 45.4 Å². The molecule has 0 bridgehead atoms. The van der Waals surface area contributed by atoms with Crippen molar-refractivity contribution in [3.05, 3.63) is 54.1 Å². The molecule has 33 heavy (non-hydrogen) atoms. The Bertz CT molecular complexity index is 953. The molecule has 180 valence electrons. The SMILES string of the molecule is CN=C(NCc1ccc(Oc2cccnc2)c(F)c1)N1CCC(NC(=O)OC(C)(C)C)C1.I. The van der Waals surface area contributed by atoms with Gasteiger partial charge in [-0.2, -0.15) is 0 Å². The minimum atomic E-state index is -0.534. The Morgan fingerprint density at radius 3 is 2.76 bits per heavy atom. The van der Waals surface area contributed by atoms with Crippen LogP contribution in [0.2, 0.25) is 0 Å². The van der Waals surface area contributed by atoms with E-state index in [9.17, 15) is 9.18 Å². The van der Waals surface area contributed by atoms with Crippen molar-refractivity contribution in [1.82, 2.24) is 20.5 Å². The first kappa shape index (κ1) is 26.6. The quantitative estimate of drug-likeness (QED) is 0.316. The number of nitrogens with one attached hydrogen (secondary N) is 2. The van der Waals surface area contributed by atoms with Crippen LogP contribution in [0.5, 0.6) is 11.5 Å². The molecule has 1 amide bonds. The third kappa shape index (κ3) is 8.34. The van der Waals surface area contributed by atoms with Crippen LogP contribution in [0.25, 0.3) is 0 Å². The molecule has 2 heterocycles. The van der Waals surface area contributed by atoms with Gasteiger partial charge in [-0.15, -0.1) is 24.0 Å². The molecule has 1 aromatic heterocycles. The Hall–Kier alpha value is -2.63. The van der Waals surface area contributed by atoms with Crippen molar-refractivity contribution in [3.63, 3.8) is 0 Å². The molecule has 0 spiro atoms. The molecule has 2 N–H and O–H groups in total. The Kier molecular flexibility index (Phi) is 9.69. The lowest BCUT2D eigenvalue weighted by molar-refractivity contribution is 0.0507. The zero-order valence-electron chi connectivity index (χ0n) is 19.3. The Balaban J connectivity index is 0.00000385. The standard InChI is InChI=1S/C23H30FN5O3.HI/c1-23(2,3)32-22(30)28-17-9-11-29(15-17)21(25-4)27-13-16-7-8-20(19(24)12-16)31-18-6-5-10-26-14-18;/h5-8,10,12,14,17H,9,11,13,15H2,1-4H3,(H,25,27)(H,28,30);1H. The fourth-order valence-electron chi connectivity index (χ4n) is 3.33. The maximum Gasteiger partial charge on any atom is 0.407 e. The van der Waals surface area contributed by atoms with E-state index < -0.39 is 17.5 Å². The van der Waals surface area contributed by atoms with Gasteiger partial charge in [0.25, 0.3) is 0 Å². The van der Waals surface area contributed by atoms with E-state index >= 15 is 0 Å². The maximum absolute atomic E-state index is 14.5. The number of hydrogen-bond acceptors (Lipinski definition) is 5. The summed E-state index contributed by atoms with van der Waals surface area (Å²) in [6, 6.07) is 8.24. The number of nitrogens with zero attached hydrogens (tertiary/aromatic N) is 3. The second-order valence-electron chi connectivity index (χ2n) is 8.53. The maximum atomic E-state index is 14.5. The molecule has 1 fully saturated rings. The minimum absolute atomic E-state index is 0. The number of aliphatic imine (C=N–C) groups is 1. The number of hydrogen-bond donors (Lipinski definition) is 2. The van der Waals surface area contributed by atoms with Crippen molar-refractivity contribution in [3.8, 4) is 11.5 Å². The highest BCUT2D eigenvalue weighted by atomic mass is 127. The van der Waals surface area contributed by atoms with Crippen LogP contribution in [0.1, 0.15) is 32.8 Å². The first-order chi connectivity index (χ1) is 15.2. The number of rotatable bonds is 5. The number of pyridine rings is 1. The van der Waals surface area contributed by atoms with Crippen molar-refractivity contribution in [2.24, 2.45) is 4.99 Å². The number of amides is 1. The number of carbonyl (C=O) groups is 1. The predicted molar refractivity (Wildman–Crippen MR) is 136 cm³/mol. The minimum Gasteiger partial charge on any atom is -0.453 e. The Labute approximate surface area is 211 Å². The third-order valence-electron chi connectivity index (χ3n) is 4.73. The molecule has 0 saturated carbocycles. The molecule has 0 radical (unpaired) electrons. The number of benzene rings is 1. The van der Waals surface area contributed by atoms with Gasteiger partial charge in [-0.1, -0.05) is 6.07 Å². The van der Waals surface area contributed by atoms with E-state index in [2.05, 4.69) is 25.5 Å². The van der Waals surface area contributed by atoms with E-state index in [1.807, 2.05) is 20.8 Å². The number of likely N-dealkylation sites (tertiary alicyclic amines) is 1. The number of carbonyl (C=O) groups excluding carboxylic acids is 1. The summed E-state index contributed by atoms with van der Waals surface area (Å²) < 4.78 is 25.3. The fourth-order valence-corrected chi connectivity index (χ4v) is 3.33. The summed E-state index contributed by atoms with van der Waals surface area (Å²) in [6.07, 6.45) is 3.52. The smallest absolute Gasteiger partial charge is 0.407 e. The van der Waals surface area contributed by atoms with Crippen LogP contribution in [0.3, 0.4) is 0 Å². The Morgan fingerprint density at radius 1 is 1.33 bits per heavy atom. The van der Waals surface area contributed by atoms with Gasteiger partial charge in [-0.3, -0.25) is 9.98 Å². The largest absolute Gasteiger partial charge is 0.453 e. The topological polar surface area (TPSA) is 88.1 Å². The zero-order chi connectivity index (χ0) is 23.1. The van der Waals surface area contributed by atoms with Crippen molar-refractivity contribution < 1.29 is 18.7 Å². The summed E-state index contributed by atoms with van der Waals surface area (Å²) in [7, 11) is 1.70. The first-order valence-electron chi connectivity index (χ1n) is 10.5. The molecule has 1 unspecified atom stereocenters. The van der Waals surface area contributed by atoms with E-state index in [-0.39, 0.29) is 35.8 Å². The van der Waals surface area contributed by atoms with Crippen LogP contribution in [-0.4, -0.2) is 53.7 Å². The Morgan fingerprint density at radius 2 is 2.12 bits per heavy atom. The van der Waals surface area contributed by atoms with Crippen molar-refractivity contribution >= 4 is 36.0 Å². The number of aromatic nitrogens is 1. The normalized spacial score (nSPS) is 16.1. The van der Waals surface area contributed by atoms with Crippen LogP contribution in [-0.2, 0) is 11.3 Å². The predicted octanol–water partition coefficient (Wildman–Crippen LogP) is 4.31. The summed E-state index contributed by atoms with van der Waals surface area (Å²) in [4.78, 5) is 22.3. The second kappa shape index (κ2) is 12.0. The molecule has 8 nitrogen and oxygen atoms in total. The lowest BCUT2D eigenvalue weighted by Gasteiger charge is -2.23. The number of guanidine groups is 1. The van der Waals surface area contributed by atoms with E-state index in [0.717, 1.165) is 18.5 Å². The summed E-state index contributed by atoms with van der Waals surface area (Å²) in [6.45, 7) is 7.26. The van der Waals surface area contributed by atoms with E-state index in [1.165, 1.54) is 12.3 Å². The van der Waals surface area contributed by atoms with Crippen LogP contribution in [0, 0.1) is 5.82 Å². The molecule has 1 saturated heterocycles. The molecule has 2 aromatic rings. The monoisotopic (exact) mass is 571 g/mol. The third-order valence-corrected chi connectivity index (χ3v) is 4.73. The highest BCUT2D eigenvalue weighted by Crippen LogP contribution is 2.24. The van der Waals surface area contributed by atoms with Gasteiger partial charge in [-0.25, -0.2) is 9.18 Å². The lowest BCUT2D eigenvalue weighted by atomic mass is 10.2. The average molecular weight is 571 g/mol. The summed E-state index contributed by atoms with van der Waals surface area (Å²) in [5, 5.41) is 6.15. The van der Waals surface area contributed by atoms with Crippen LogP contribution in [0.15, 0.2) is 47.7 Å². The molecular weight excluding hydrogens is 540 g/mol. The van der Waals surface area contributed by atoms with Gasteiger partial charge in [0.05, 0.1) is 12.2 Å². The van der Waals surface area contributed by atoms with Crippen LogP contribution < -0.4 is 15.4 Å². The van der Waals surface area contributed by atoms with Crippen molar-refractivity contribution in [1.29, 1.82) is 0 Å². The van der Waals surface area contributed by atoms with Gasteiger partial charge in [0, 0.05) is 32.9 Å². The molecule has 1 aromatic carbocycles. The first-order valence-corrected chi connectivity index (χ1v) is 10.5. The lowest BCUT2D eigenvalue weighted by Crippen LogP contribution is -2.44. The van der Waals surface area contributed by atoms with Gasteiger partial charge >= 0.3 is 6.09 Å². The van der Waals surface area contributed by atoms with Gasteiger partial charge < -0.3 is 25.0 Å². The molecular formula is C23H31FIN5O3. The van der Waals surface area contributed by atoms with E-state index in [0.29, 0.717) is 24.8 Å². The van der Waals surface area contributed by atoms with Gasteiger partial charge in [-0.05, 0) is 57.0 Å². The summed E-state index contributed by atoms with van der Waals surface area (Å²) >= 11 is 0. The molecule has 1 aliphatic heterocycles. The highest BCUT2D eigenvalue weighted by molar-refractivity contribution is 14.0. The highest BCUT2D eigenvalue weighted by Gasteiger charge is 2.27. The zero-order valence-corrected chi connectivity index (χ0v) is 21.6. The summed E-state index contributed by atoms with van der Waals surface area (Å²) in [5.74, 6) is 0.850. The molecule has 0 aliphatic carbocycles. The van der Waals surface area contributed by atoms with Gasteiger partial charge in [0.15, 0.2) is 17.5 Å². The molecule has 1 aliphatic rings. The van der Waals surface area contributed by atoms with Crippen molar-refractivity contribution in [2.75, 3.05) is 20.1 Å². The second-order valence-corrected chi connectivity index (χ2v) is 8.53. The average Bonchev–Trinajstić information content (AvgIpc) is 3.18. The van der Waals surface area contributed by atoms with Crippen LogP contribution >= 0.6 is 24.0 Å². The van der Waals surface area contributed by atoms with E-state index in [1.54, 1.807) is 37.5 Å². The van der Waals surface area contributed by atoms with Gasteiger partial charge in [0.2, 0.25) is 0 Å².